The summed E-state index contributed by atoms with van der Waals surface area (Å²) in [5, 5.41) is 3.92. The highest BCUT2D eigenvalue weighted by molar-refractivity contribution is 7.87. The van der Waals surface area contributed by atoms with E-state index >= 15 is 0 Å². The number of hydrogen-bond donors (Lipinski definition) is 2. The molecule has 0 radical (unpaired) electrons. The van der Waals surface area contributed by atoms with Crippen LogP contribution in [-0.4, -0.2) is 41.1 Å². The van der Waals surface area contributed by atoms with Crippen LogP contribution < -0.4 is 20.5 Å². The predicted octanol–water partition coefficient (Wildman–Crippen LogP) is 3.92. The number of nitrogens with one attached hydrogen (secondary N) is 1. The van der Waals surface area contributed by atoms with Gasteiger partial charge in [-0.25, -0.2) is 18.7 Å². The number of ether oxygens (including phenoxy) is 2. The first-order valence-corrected chi connectivity index (χ1v) is 11.7. The van der Waals surface area contributed by atoms with Crippen LogP contribution in [0.4, 0.5) is 21.6 Å². The molecule has 0 spiro atoms. The number of aromatic nitrogens is 2. The highest BCUT2D eigenvalue weighted by Gasteiger charge is 2.18. The highest BCUT2D eigenvalue weighted by atomic mass is 32.2. The Balaban J connectivity index is 1.78. The van der Waals surface area contributed by atoms with Crippen LogP contribution in [0.2, 0.25) is 0 Å². The largest absolute Gasteiger partial charge is 0.494 e. The Hall–Kier alpha value is -3.27. The first kappa shape index (κ1) is 21.9. The van der Waals surface area contributed by atoms with Crippen LogP contribution >= 0.6 is 0 Å². The lowest BCUT2D eigenvalue weighted by Crippen LogP contribution is -2.20. The Morgan fingerprint density at radius 3 is 2.78 bits per heavy atom. The first-order valence-electron chi connectivity index (χ1n) is 10.2. The van der Waals surface area contributed by atoms with Gasteiger partial charge >= 0.3 is 0 Å². The van der Waals surface area contributed by atoms with Crippen LogP contribution in [0.15, 0.2) is 35.0 Å². The maximum Gasteiger partial charge on any atom is 0.255 e. The first-order chi connectivity index (χ1) is 15.5. The van der Waals surface area contributed by atoms with Gasteiger partial charge in [-0.1, -0.05) is 10.7 Å². The van der Waals surface area contributed by atoms with Gasteiger partial charge in [-0.05, 0) is 38.0 Å². The van der Waals surface area contributed by atoms with Crippen molar-refractivity contribution in [3.63, 3.8) is 0 Å². The molecule has 1 amide bonds. The van der Waals surface area contributed by atoms with Crippen molar-refractivity contribution in [2.24, 2.45) is 10.1 Å². The Morgan fingerprint density at radius 1 is 1.28 bits per heavy atom. The highest BCUT2D eigenvalue weighted by Crippen LogP contribution is 2.40. The summed E-state index contributed by atoms with van der Waals surface area (Å²) in [7, 11) is 1.63. The fourth-order valence-electron chi connectivity index (χ4n) is 3.66. The molecule has 1 aliphatic heterocycles. The molecule has 3 N–H and O–H groups in total. The van der Waals surface area contributed by atoms with Crippen molar-refractivity contribution >= 4 is 44.7 Å². The molecule has 1 aromatic heterocycles. The fraction of sp³-hybridized carbons (Fsp3) is 0.318. The molecule has 0 unspecified atom stereocenters. The SMILES string of the molecule is COc1c(N=S2CCCC2)cc2ncnc(Nc3ccc(F)cc3OCC(N)=O)c2c1C. The number of benzene rings is 2. The Labute approximate surface area is 187 Å². The Kier molecular flexibility index (Phi) is 6.50. The number of carbonyl (C=O) groups is 1. The van der Waals surface area contributed by atoms with Crippen molar-refractivity contribution in [3.8, 4) is 11.5 Å². The quantitative estimate of drug-likeness (QED) is 0.556. The second-order valence-electron chi connectivity index (χ2n) is 7.36. The van der Waals surface area contributed by atoms with Crippen LogP contribution in [0, 0.1) is 12.7 Å². The molecule has 4 rings (SSSR count). The molecule has 0 bridgehead atoms. The number of amides is 1. The lowest BCUT2D eigenvalue weighted by molar-refractivity contribution is -0.119. The maximum absolute atomic E-state index is 13.8. The van der Waals surface area contributed by atoms with Crippen LogP contribution in [0.25, 0.3) is 10.9 Å². The lowest BCUT2D eigenvalue weighted by atomic mass is 10.1. The summed E-state index contributed by atoms with van der Waals surface area (Å²) in [6.07, 6.45) is 3.86. The molecule has 10 heteroatoms. The number of hydrogen-bond acceptors (Lipinski definition) is 7. The van der Waals surface area contributed by atoms with Crippen molar-refractivity contribution < 1.29 is 18.7 Å². The summed E-state index contributed by atoms with van der Waals surface area (Å²) >= 11 is 0. The summed E-state index contributed by atoms with van der Waals surface area (Å²) in [6.45, 7) is 1.56. The van der Waals surface area contributed by atoms with E-state index in [4.69, 9.17) is 19.6 Å². The molecule has 1 aliphatic rings. The number of methoxy groups -OCH3 is 1. The van der Waals surface area contributed by atoms with Gasteiger partial charge in [-0.3, -0.25) is 4.79 Å². The molecule has 0 atom stereocenters. The van der Waals surface area contributed by atoms with E-state index in [1.165, 1.54) is 37.4 Å². The molecular weight excluding hydrogens is 433 g/mol. The van der Waals surface area contributed by atoms with Crippen LogP contribution in [0.3, 0.4) is 0 Å². The summed E-state index contributed by atoms with van der Waals surface area (Å²) in [5.41, 5.74) is 7.94. The number of fused-ring (bicyclic) bond motifs is 1. The number of anilines is 2. The van der Waals surface area contributed by atoms with Crippen molar-refractivity contribution in [1.29, 1.82) is 0 Å². The Morgan fingerprint density at radius 2 is 2.06 bits per heavy atom. The second kappa shape index (κ2) is 9.47. The minimum Gasteiger partial charge on any atom is -0.494 e. The van der Waals surface area contributed by atoms with Crippen LogP contribution in [0.1, 0.15) is 18.4 Å². The standard InChI is InChI=1S/C22H24FN5O3S/c1-13-20-16(10-17(21(13)30-2)28-32-7-3-4-8-32)25-12-26-22(20)27-15-6-5-14(23)9-18(15)31-11-19(24)29/h5-6,9-10,12H,3-4,7-8,11H2,1-2H3,(H2,24,29)(H,25,26,27). The predicted molar refractivity (Wildman–Crippen MR) is 124 cm³/mol. The van der Waals surface area contributed by atoms with Gasteiger partial charge in [0, 0.05) is 28.5 Å². The van der Waals surface area contributed by atoms with E-state index in [9.17, 15) is 9.18 Å². The van der Waals surface area contributed by atoms with E-state index in [2.05, 4.69) is 15.3 Å². The number of primary amides is 1. The summed E-state index contributed by atoms with van der Waals surface area (Å²) < 4.78 is 29.8. The third-order valence-electron chi connectivity index (χ3n) is 5.11. The average Bonchev–Trinajstić information content (AvgIpc) is 3.27. The second-order valence-corrected chi connectivity index (χ2v) is 9.28. The van der Waals surface area contributed by atoms with Crippen LogP contribution in [-0.2, 0) is 15.5 Å². The molecule has 8 nitrogen and oxygen atoms in total. The number of carbonyl (C=O) groups excluding carboxylic acids is 1. The normalized spacial score (nSPS) is 13.8. The minimum absolute atomic E-state index is 0.00631. The van der Waals surface area contributed by atoms with Gasteiger partial charge in [0.2, 0.25) is 0 Å². The van der Waals surface area contributed by atoms with Crippen molar-refractivity contribution in [2.75, 3.05) is 30.5 Å². The van der Waals surface area contributed by atoms with Gasteiger partial charge in [0.25, 0.3) is 5.91 Å². The molecule has 2 aromatic carbocycles. The third-order valence-corrected chi connectivity index (χ3v) is 7.08. The summed E-state index contributed by atoms with van der Waals surface area (Å²) in [4.78, 5) is 19.9. The monoisotopic (exact) mass is 457 g/mol. The number of nitrogens with two attached hydrogens (primary N) is 1. The maximum atomic E-state index is 13.8. The minimum atomic E-state index is -0.660. The molecule has 2 heterocycles. The Bertz CT molecular complexity index is 1210. The molecular formula is C22H24FN5O3S. The van der Waals surface area contributed by atoms with Gasteiger partial charge in [0.15, 0.2) is 6.61 Å². The lowest BCUT2D eigenvalue weighted by Gasteiger charge is -2.16. The number of nitrogens with zero attached hydrogens (tertiary/aromatic N) is 3. The molecule has 0 aliphatic carbocycles. The molecule has 168 valence electrons. The zero-order valence-corrected chi connectivity index (χ0v) is 18.7. The van der Waals surface area contributed by atoms with E-state index in [0.717, 1.165) is 28.1 Å². The van der Waals surface area contributed by atoms with E-state index in [-0.39, 0.29) is 23.0 Å². The number of halogens is 1. The van der Waals surface area contributed by atoms with Gasteiger partial charge in [0.1, 0.15) is 35.1 Å². The van der Waals surface area contributed by atoms with E-state index in [0.29, 0.717) is 22.8 Å². The number of rotatable bonds is 7. The van der Waals surface area contributed by atoms with Gasteiger partial charge in [-0.2, -0.15) is 0 Å². The average molecular weight is 458 g/mol. The van der Waals surface area contributed by atoms with Crippen molar-refractivity contribution in [3.05, 3.63) is 42.0 Å². The van der Waals surface area contributed by atoms with Crippen molar-refractivity contribution in [2.45, 2.75) is 19.8 Å². The van der Waals surface area contributed by atoms with Crippen molar-refractivity contribution in [1.82, 2.24) is 9.97 Å². The fourth-order valence-corrected chi connectivity index (χ4v) is 5.54. The zero-order chi connectivity index (χ0) is 22.7. The van der Waals surface area contributed by atoms with Gasteiger partial charge in [0.05, 0.1) is 18.3 Å². The van der Waals surface area contributed by atoms with E-state index < -0.39 is 11.7 Å². The molecule has 32 heavy (non-hydrogen) atoms. The van der Waals surface area contributed by atoms with E-state index in [1.54, 1.807) is 7.11 Å². The molecule has 1 fully saturated rings. The molecule has 3 aromatic rings. The van der Waals surface area contributed by atoms with Crippen LogP contribution in [0.5, 0.6) is 11.5 Å². The molecule has 0 saturated carbocycles. The third kappa shape index (κ3) is 4.64. The van der Waals surface area contributed by atoms with Gasteiger partial charge in [-0.15, -0.1) is 0 Å². The van der Waals surface area contributed by atoms with Gasteiger partial charge < -0.3 is 20.5 Å². The summed E-state index contributed by atoms with van der Waals surface area (Å²) in [6, 6.07) is 5.89. The van der Waals surface area contributed by atoms with E-state index in [1.807, 2.05) is 13.0 Å². The topological polar surface area (TPSA) is 112 Å². The zero-order valence-electron chi connectivity index (χ0n) is 17.9. The smallest absolute Gasteiger partial charge is 0.255 e. The summed E-state index contributed by atoms with van der Waals surface area (Å²) in [5.74, 6) is 2.38. The molecule has 1 saturated heterocycles. The number of aryl methyl sites for hydroxylation is 1.